The van der Waals surface area contributed by atoms with Gasteiger partial charge in [-0.25, -0.2) is 4.98 Å². The normalized spacial score (nSPS) is 13.7. The molecule has 4 rings (SSSR count). The van der Waals surface area contributed by atoms with E-state index in [0.29, 0.717) is 24.2 Å². The molecule has 0 aliphatic carbocycles. The summed E-state index contributed by atoms with van der Waals surface area (Å²) >= 11 is 0. The van der Waals surface area contributed by atoms with E-state index in [1.807, 2.05) is 60.5 Å². The van der Waals surface area contributed by atoms with Gasteiger partial charge in [-0.15, -0.1) is 0 Å². The Hall–Kier alpha value is -3.15. The molecule has 132 valence electrons. The summed E-state index contributed by atoms with van der Waals surface area (Å²) in [6.07, 6.45) is 0.583. The molecular weight excluding hydrogens is 328 g/mol. The first-order chi connectivity index (χ1) is 12.6. The molecule has 2 heterocycles. The van der Waals surface area contributed by atoms with E-state index in [0.717, 1.165) is 23.4 Å². The summed E-state index contributed by atoms with van der Waals surface area (Å²) in [4.78, 5) is 36.2. The quantitative estimate of drug-likeness (QED) is 0.789. The molecule has 1 amide bonds. The lowest BCUT2D eigenvalue weighted by atomic mass is 10.1. The fraction of sp³-hybridized carbons (Fsp3) is 0.250. The van der Waals surface area contributed by atoms with E-state index in [1.165, 1.54) is 0 Å². The van der Waals surface area contributed by atoms with Gasteiger partial charge in [-0.05, 0) is 24.3 Å². The fourth-order valence-electron chi connectivity index (χ4n) is 3.36. The summed E-state index contributed by atoms with van der Waals surface area (Å²) in [7, 11) is 2.03. The molecule has 0 saturated carbocycles. The number of likely N-dealkylation sites (N-methyl/N-ethyl adjacent to an activating group) is 1. The summed E-state index contributed by atoms with van der Waals surface area (Å²) in [5.41, 5.74) is 3.59. The standard InChI is InChI=1S/C20H20N4O2/c1-23-12-13-24(18-9-5-4-8-17(18)23)19(25)11-10-16-20(26)22-15-7-3-2-6-14(15)21-16/h2-9H,10-13H2,1H3,(H,22,26). The third-order valence-electron chi connectivity index (χ3n) is 4.79. The molecule has 1 aromatic heterocycles. The number of H-pyrrole nitrogens is 1. The van der Waals surface area contributed by atoms with Gasteiger partial charge >= 0.3 is 0 Å². The first kappa shape index (κ1) is 16.3. The van der Waals surface area contributed by atoms with Gasteiger partial charge in [0, 0.05) is 33.0 Å². The van der Waals surface area contributed by atoms with E-state index in [2.05, 4.69) is 14.9 Å². The molecule has 0 atom stereocenters. The number of nitrogens with one attached hydrogen (secondary N) is 1. The van der Waals surface area contributed by atoms with Crippen LogP contribution < -0.4 is 15.4 Å². The summed E-state index contributed by atoms with van der Waals surface area (Å²) in [5.74, 6) is 0.0138. The highest BCUT2D eigenvalue weighted by molar-refractivity contribution is 5.97. The number of para-hydroxylation sites is 4. The van der Waals surface area contributed by atoms with Gasteiger partial charge in [0.2, 0.25) is 5.91 Å². The van der Waals surface area contributed by atoms with E-state index < -0.39 is 0 Å². The van der Waals surface area contributed by atoms with E-state index in [9.17, 15) is 9.59 Å². The van der Waals surface area contributed by atoms with Crippen LogP contribution in [0, 0.1) is 0 Å². The first-order valence-electron chi connectivity index (χ1n) is 8.72. The van der Waals surface area contributed by atoms with Crippen LogP contribution >= 0.6 is 0 Å². The smallest absolute Gasteiger partial charge is 0.270 e. The summed E-state index contributed by atoms with van der Waals surface area (Å²) in [6, 6.07) is 15.3. The van der Waals surface area contributed by atoms with Crippen LogP contribution in [0.3, 0.4) is 0 Å². The number of rotatable bonds is 3. The second-order valence-electron chi connectivity index (χ2n) is 6.49. The molecule has 0 unspecified atom stereocenters. The number of benzene rings is 2. The van der Waals surface area contributed by atoms with Crippen molar-refractivity contribution < 1.29 is 4.79 Å². The first-order valence-corrected chi connectivity index (χ1v) is 8.72. The molecule has 0 bridgehead atoms. The molecule has 0 saturated heterocycles. The van der Waals surface area contributed by atoms with Gasteiger partial charge in [0.25, 0.3) is 5.56 Å². The molecule has 3 aromatic rings. The Labute approximate surface area is 151 Å². The highest BCUT2D eigenvalue weighted by atomic mass is 16.2. The predicted octanol–water partition coefficient (Wildman–Crippen LogP) is 2.34. The van der Waals surface area contributed by atoms with E-state index in [1.54, 1.807) is 0 Å². The Morgan fingerprint density at radius 2 is 1.81 bits per heavy atom. The van der Waals surface area contributed by atoms with Crippen LogP contribution in [0.2, 0.25) is 0 Å². The van der Waals surface area contributed by atoms with Crippen LogP contribution in [0.4, 0.5) is 11.4 Å². The fourth-order valence-corrected chi connectivity index (χ4v) is 3.36. The molecule has 6 heteroatoms. The molecule has 6 nitrogen and oxygen atoms in total. The van der Waals surface area contributed by atoms with Gasteiger partial charge in [0.1, 0.15) is 5.69 Å². The Kier molecular flexibility index (Phi) is 4.16. The van der Waals surface area contributed by atoms with Crippen molar-refractivity contribution in [2.75, 3.05) is 29.9 Å². The Balaban J connectivity index is 1.54. The second-order valence-corrected chi connectivity index (χ2v) is 6.49. The molecule has 26 heavy (non-hydrogen) atoms. The third kappa shape index (κ3) is 2.94. The van der Waals surface area contributed by atoms with Crippen LogP contribution in [0.15, 0.2) is 53.3 Å². The molecule has 1 aliphatic heterocycles. The van der Waals surface area contributed by atoms with Gasteiger partial charge in [-0.1, -0.05) is 24.3 Å². The maximum Gasteiger partial charge on any atom is 0.270 e. The van der Waals surface area contributed by atoms with E-state index in [4.69, 9.17) is 0 Å². The summed E-state index contributed by atoms with van der Waals surface area (Å²) in [6.45, 7) is 1.44. The highest BCUT2D eigenvalue weighted by Crippen LogP contribution is 2.32. The van der Waals surface area contributed by atoms with Gasteiger partial charge in [0.15, 0.2) is 0 Å². The third-order valence-corrected chi connectivity index (χ3v) is 4.79. The average molecular weight is 348 g/mol. The minimum absolute atomic E-state index is 0.0138. The monoisotopic (exact) mass is 348 g/mol. The highest BCUT2D eigenvalue weighted by Gasteiger charge is 2.24. The number of carbonyl (C=O) groups is 1. The molecule has 0 radical (unpaired) electrons. The SMILES string of the molecule is CN1CCN(C(=O)CCc2nc3ccccc3[nH]c2=O)c2ccccc21. The minimum Gasteiger partial charge on any atom is -0.371 e. The molecule has 0 fully saturated rings. The van der Waals surface area contributed by atoms with Crippen molar-refractivity contribution in [2.45, 2.75) is 12.8 Å². The van der Waals surface area contributed by atoms with Crippen molar-refractivity contribution in [2.24, 2.45) is 0 Å². The average Bonchev–Trinajstić information content (AvgIpc) is 2.66. The topological polar surface area (TPSA) is 69.3 Å². The maximum absolute atomic E-state index is 12.8. The predicted molar refractivity (Wildman–Crippen MR) is 103 cm³/mol. The number of aryl methyl sites for hydroxylation is 1. The van der Waals surface area contributed by atoms with Crippen molar-refractivity contribution in [3.63, 3.8) is 0 Å². The van der Waals surface area contributed by atoms with Gasteiger partial charge in [-0.3, -0.25) is 9.59 Å². The lowest BCUT2D eigenvalue weighted by Gasteiger charge is -2.35. The van der Waals surface area contributed by atoms with Crippen LogP contribution in [0.1, 0.15) is 12.1 Å². The van der Waals surface area contributed by atoms with Crippen LogP contribution in [0.5, 0.6) is 0 Å². The number of fused-ring (bicyclic) bond motifs is 2. The van der Waals surface area contributed by atoms with Crippen LogP contribution in [-0.4, -0.2) is 36.0 Å². The van der Waals surface area contributed by atoms with E-state index >= 15 is 0 Å². The van der Waals surface area contributed by atoms with Crippen molar-refractivity contribution in [3.8, 4) is 0 Å². The van der Waals surface area contributed by atoms with Crippen molar-refractivity contribution >= 4 is 28.3 Å². The van der Waals surface area contributed by atoms with Gasteiger partial charge < -0.3 is 14.8 Å². The number of hydrogen-bond acceptors (Lipinski definition) is 4. The summed E-state index contributed by atoms with van der Waals surface area (Å²) < 4.78 is 0. The lowest BCUT2D eigenvalue weighted by molar-refractivity contribution is -0.118. The molecule has 1 aliphatic rings. The van der Waals surface area contributed by atoms with Crippen molar-refractivity contribution in [3.05, 3.63) is 64.6 Å². The van der Waals surface area contributed by atoms with E-state index in [-0.39, 0.29) is 17.9 Å². The minimum atomic E-state index is -0.227. The largest absolute Gasteiger partial charge is 0.371 e. The number of hydrogen-bond donors (Lipinski definition) is 1. The van der Waals surface area contributed by atoms with Crippen LogP contribution in [-0.2, 0) is 11.2 Å². The van der Waals surface area contributed by atoms with Gasteiger partial charge in [0.05, 0.1) is 22.4 Å². The number of nitrogens with zero attached hydrogens (tertiary/aromatic N) is 3. The number of carbonyl (C=O) groups excluding carboxylic acids is 1. The maximum atomic E-state index is 12.8. The molecular formula is C20H20N4O2. The molecule has 0 spiro atoms. The Morgan fingerprint density at radius 3 is 2.65 bits per heavy atom. The van der Waals surface area contributed by atoms with Crippen molar-refractivity contribution in [1.82, 2.24) is 9.97 Å². The zero-order chi connectivity index (χ0) is 18.1. The Morgan fingerprint density at radius 1 is 1.08 bits per heavy atom. The number of anilines is 2. The van der Waals surface area contributed by atoms with Crippen molar-refractivity contribution in [1.29, 1.82) is 0 Å². The summed E-state index contributed by atoms with van der Waals surface area (Å²) in [5, 5.41) is 0. The van der Waals surface area contributed by atoms with Crippen LogP contribution in [0.25, 0.3) is 11.0 Å². The Bertz CT molecular complexity index is 1030. The lowest BCUT2D eigenvalue weighted by Crippen LogP contribution is -2.42. The number of aromatic amines is 1. The zero-order valence-corrected chi connectivity index (χ0v) is 14.6. The van der Waals surface area contributed by atoms with Gasteiger partial charge in [-0.2, -0.15) is 0 Å². The number of amides is 1. The number of aromatic nitrogens is 2. The molecule has 1 N–H and O–H groups in total. The molecule has 2 aromatic carbocycles. The second kappa shape index (κ2) is 6.63. The zero-order valence-electron chi connectivity index (χ0n) is 14.6.